The Bertz CT molecular complexity index is 2210. The lowest BCUT2D eigenvalue weighted by atomic mass is 9.77. The number of hydrogen-bond donors (Lipinski definition) is 1. The fraction of sp³-hybridized carbons (Fsp3) is 0.524. The highest BCUT2D eigenvalue weighted by Crippen LogP contribution is 2.51. The zero-order valence-corrected chi connectivity index (χ0v) is 36.4. The molecule has 0 aromatic heterocycles. The maximum atomic E-state index is 12.1. The predicted octanol–water partition coefficient (Wildman–Crippen LogP) is 4.55. The number of methoxy groups -OCH3 is 2. The van der Waals surface area contributed by atoms with Gasteiger partial charge in [-0.25, -0.2) is 21.4 Å². The first-order valence-electron chi connectivity index (χ1n) is 19.5. The third kappa shape index (κ3) is 13.5. The highest BCUT2D eigenvalue weighted by molar-refractivity contribution is 7.86. The van der Waals surface area contributed by atoms with Crippen molar-refractivity contribution in [3.8, 4) is 11.3 Å². The van der Waals surface area contributed by atoms with Gasteiger partial charge in [-0.2, -0.15) is 0 Å². The monoisotopic (exact) mass is 861 g/mol. The molecule has 0 saturated carbocycles. The Morgan fingerprint density at radius 1 is 0.915 bits per heavy atom. The van der Waals surface area contributed by atoms with E-state index in [0.29, 0.717) is 75.4 Å². The Kier molecular flexibility index (Phi) is 17.0. The SMILES string of the molecule is COCCOCC[N+](CCOCCOC)=c1ccc2c(/C=C/C=C3\N(CCCS(=O)(=O)[O-])c4ccc(S(=O)(=O)[O-])cc4C3(C)CCCC(=O)O)cc(C(C)(C)C)oc-2c1. The van der Waals surface area contributed by atoms with E-state index in [1.54, 1.807) is 14.2 Å². The molecule has 0 amide bonds. The van der Waals surface area contributed by atoms with Gasteiger partial charge in [0.05, 0.1) is 47.5 Å². The molecule has 326 valence electrons. The van der Waals surface area contributed by atoms with Gasteiger partial charge >= 0.3 is 5.97 Å². The van der Waals surface area contributed by atoms with E-state index in [1.807, 2.05) is 75.1 Å². The summed E-state index contributed by atoms with van der Waals surface area (Å²) >= 11 is 0. The van der Waals surface area contributed by atoms with Gasteiger partial charge in [-0.15, -0.1) is 0 Å². The minimum atomic E-state index is -4.85. The molecule has 1 aromatic rings. The van der Waals surface area contributed by atoms with Crippen LogP contribution in [0.5, 0.6) is 0 Å². The van der Waals surface area contributed by atoms with Gasteiger partial charge in [-0.05, 0) is 73.7 Å². The molecule has 3 aliphatic rings. The molecule has 0 bridgehead atoms. The average Bonchev–Trinajstić information content (AvgIpc) is 3.37. The van der Waals surface area contributed by atoms with E-state index >= 15 is 0 Å². The van der Waals surface area contributed by atoms with Crippen LogP contribution in [0.15, 0.2) is 69.6 Å². The second kappa shape index (κ2) is 21.0. The molecule has 1 aromatic carbocycles. The number of carbonyl (C=O) groups is 1. The van der Waals surface area contributed by atoms with Crippen LogP contribution < -0.4 is 14.8 Å². The van der Waals surface area contributed by atoms with Crippen LogP contribution in [0.25, 0.3) is 17.4 Å². The number of fused-ring (bicyclic) bond motifs is 2. The van der Waals surface area contributed by atoms with E-state index in [2.05, 4.69) is 4.58 Å². The van der Waals surface area contributed by atoms with Crippen LogP contribution in [0.4, 0.5) is 5.69 Å². The van der Waals surface area contributed by atoms with Crippen molar-refractivity contribution in [2.75, 3.05) is 84.1 Å². The molecule has 1 atom stereocenters. The van der Waals surface area contributed by atoms with E-state index in [0.717, 1.165) is 22.2 Å². The van der Waals surface area contributed by atoms with Gasteiger partial charge in [0.2, 0.25) is 5.36 Å². The Labute approximate surface area is 347 Å². The number of benzene rings is 2. The predicted molar refractivity (Wildman–Crippen MR) is 221 cm³/mol. The first kappa shape index (κ1) is 47.7. The molecule has 0 saturated heterocycles. The van der Waals surface area contributed by atoms with E-state index < -0.39 is 42.3 Å². The summed E-state index contributed by atoms with van der Waals surface area (Å²) in [7, 11) is -6.13. The molecule has 0 fully saturated rings. The summed E-state index contributed by atoms with van der Waals surface area (Å²) in [6, 6.07) is 12.0. The van der Waals surface area contributed by atoms with Crippen LogP contribution in [0.2, 0.25) is 0 Å². The molecule has 4 rings (SSSR count). The van der Waals surface area contributed by atoms with Gasteiger partial charge in [0.15, 0.2) is 13.1 Å². The molecule has 0 spiro atoms. The van der Waals surface area contributed by atoms with Crippen LogP contribution in [-0.2, 0) is 54.8 Å². The lowest BCUT2D eigenvalue weighted by Crippen LogP contribution is -2.36. The lowest BCUT2D eigenvalue weighted by molar-refractivity contribution is -0.137. The number of aliphatic carboxylic acids is 1. The zero-order valence-electron chi connectivity index (χ0n) is 34.7. The third-order valence-corrected chi connectivity index (χ3v) is 11.8. The molecule has 59 heavy (non-hydrogen) atoms. The topological polar surface area (TPSA) is 208 Å². The molecule has 15 nitrogen and oxygen atoms in total. The van der Waals surface area contributed by atoms with Crippen molar-refractivity contribution in [2.45, 2.75) is 69.1 Å². The summed E-state index contributed by atoms with van der Waals surface area (Å²) in [5.74, 6) is -0.253. The Balaban J connectivity index is 1.85. The van der Waals surface area contributed by atoms with Crippen LogP contribution in [0, 0.1) is 0 Å². The summed E-state index contributed by atoms with van der Waals surface area (Å²) in [5.41, 5.74) is 1.93. The van der Waals surface area contributed by atoms with E-state index in [9.17, 15) is 35.8 Å². The van der Waals surface area contributed by atoms with Crippen LogP contribution >= 0.6 is 0 Å². The Morgan fingerprint density at radius 3 is 2.15 bits per heavy atom. The number of nitrogens with zero attached hydrogens (tertiary/aromatic N) is 2. The number of hydrogen-bond acceptors (Lipinski definition) is 13. The smallest absolute Gasteiger partial charge is 0.303 e. The number of carboxylic acid groups (broad SMARTS) is 1. The minimum absolute atomic E-state index is 0.0309. The van der Waals surface area contributed by atoms with Crippen LogP contribution in [-0.4, -0.2) is 116 Å². The molecule has 1 unspecified atom stereocenters. The first-order valence-corrected chi connectivity index (χ1v) is 22.5. The van der Waals surface area contributed by atoms with E-state index in [1.165, 1.54) is 18.2 Å². The standard InChI is InChI=1S/C42H58N2O13S2/c1-41(2,3)39-28-31(34-15-13-32(29-37(34)57-39)43(19-21-55-25-23-53-5)20-22-56-26-24-54-6)10-7-11-38-42(4,17-8-12-40(45)46)35-30-33(59(50,51)52)14-16-36(35)44(38)18-9-27-58(47,48)49/h7,10-11,13-16,28-30H,8-9,12,17-27H2,1-6H3,(H2-,45,46,47,48,49,50,51,52)/p-1. The maximum Gasteiger partial charge on any atom is 0.303 e. The molecular weight excluding hydrogens is 805 g/mol. The molecule has 1 N–H and O–H groups in total. The molecule has 2 heterocycles. The fourth-order valence-electron chi connectivity index (χ4n) is 7.04. The van der Waals surface area contributed by atoms with Crippen molar-refractivity contribution in [2.24, 2.45) is 0 Å². The summed E-state index contributed by atoms with van der Waals surface area (Å²) in [6.45, 7) is 12.1. The summed E-state index contributed by atoms with van der Waals surface area (Å²) in [4.78, 5) is 12.9. The second-order valence-corrected chi connectivity index (χ2v) is 18.5. The third-order valence-electron chi connectivity index (χ3n) is 10.1. The zero-order chi connectivity index (χ0) is 43.4. The summed E-state index contributed by atoms with van der Waals surface area (Å²) in [5, 5.41) is 10.4. The number of rotatable bonds is 23. The number of anilines is 1. The first-order chi connectivity index (χ1) is 27.8. The number of ether oxygens (including phenoxy) is 4. The van der Waals surface area contributed by atoms with Gasteiger partial charge in [-0.1, -0.05) is 32.9 Å². The lowest BCUT2D eigenvalue weighted by Gasteiger charge is -2.30. The average molecular weight is 862 g/mol. The van der Waals surface area contributed by atoms with Crippen molar-refractivity contribution in [1.29, 1.82) is 0 Å². The van der Waals surface area contributed by atoms with Crippen LogP contribution in [0.1, 0.15) is 70.3 Å². The van der Waals surface area contributed by atoms with Gasteiger partial charge in [0, 0.05) is 66.8 Å². The summed E-state index contributed by atoms with van der Waals surface area (Å²) < 4.78 is 102. The highest BCUT2D eigenvalue weighted by atomic mass is 32.2. The summed E-state index contributed by atoms with van der Waals surface area (Å²) in [6.07, 6.45) is 5.87. The second-order valence-electron chi connectivity index (χ2n) is 15.6. The van der Waals surface area contributed by atoms with Crippen molar-refractivity contribution < 1.29 is 59.2 Å². The number of carboxylic acids is 1. The van der Waals surface area contributed by atoms with Gasteiger partial charge in [0.25, 0.3) is 0 Å². The fourth-order valence-corrected chi connectivity index (χ4v) is 8.02. The van der Waals surface area contributed by atoms with Gasteiger partial charge < -0.3 is 42.5 Å². The molecule has 0 radical (unpaired) electrons. The molecular formula is C42H57N2O13S2-. The van der Waals surface area contributed by atoms with Crippen molar-refractivity contribution in [3.05, 3.63) is 82.6 Å². The highest BCUT2D eigenvalue weighted by Gasteiger charge is 2.43. The normalized spacial score (nSPS) is 16.7. The Hall–Kier alpha value is -3.94. The Morgan fingerprint density at radius 2 is 1.58 bits per heavy atom. The van der Waals surface area contributed by atoms with Gasteiger partial charge in [0.1, 0.15) is 34.9 Å². The van der Waals surface area contributed by atoms with E-state index in [4.69, 9.17) is 23.4 Å². The minimum Gasteiger partial charge on any atom is -0.748 e. The molecule has 2 aliphatic heterocycles. The number of allylic oxidation sites excluding steroid dienone is 3. The maximum absolute atomic E-state index is 12.1. The van der Waals surface area contributed by atoms with Crippen molar-refractivity contribution in [1.82, 2.24) is 4.58 Å². The van der Waals surface area contributed by atoms with E-state index in [-0.39, 0.29) is 37.6 Å². The van der Waals surface area contributed by atoms with Gasteiger partial charge in [-0.3, -0.25) is 4.79 Å². The quantitative estimate of drug-likeness (QED) is 0.0789. The van der Waals surface area contributed by atoms with Crippen LogP contribution in [0.3, 0.4) is 0 Å². The van der Waals surface area contributed by atoms with Crippen molar-refractivity contribution in [3.63, 3.8) is 0 Å². The molecule has 1 aliphatic carbocycles. The largest absolute Gasteiger partial charge is 0.748 e. The van der Waals surface area contributed by atoms with Crippen molar-refractivity contribution >= 4 is 38.0 Å². The molecule has 17 heteroatoms.